The van der Waals surface area contributed by atoms with E-state index in [9.17, 15) is 14.7 Å². The van der Waals surface area contributed by atoms with Crippen LogP contribution in [0, 0.1) is 0 Å². The van der Waals surface area contributed by atoms with Crippen LogP contribution < -0.4 is 9.80 Å². The molecule has 7 heteroatoms. The zero-order valence-electron chi connectivity index (χ0n) is 15.6. The van der Waals surface area contributed by atoms with Crippen LogP contribution in [0.1, 0.15) is 15.9 Å². The van der Waals surface area contributed by atoms with Gasteiger partial charge in [-0.3, -0.25) is 9.69 Å². The molecule has 2 aromatic rings. The van der Waals surface area contributed by atoms with Crippen molar-refractivity contribution < 1.29 is 24.5 Å². The highest BCUT2D eigenvalue weighted by Gasteiger charge is 2.29. The van der Waals surface area contributed by atoms with Crippen molar-refractivity contribution in [3.8, 4) is 0 Å². The average Bonchev–Trinajstić information content (AvgIpc) is 3.03. The zero-order valence-corrected chi connectivity index (χ0v) is 15.6. The Labute approximate surface area is 167 Å². The summed E-state index contributed by atoms with van der Waals surface area (Å²) in [5.74, 6) is -1.65. The third-order valence-corrected chi connectivity index (χ3v) is 4.93. The Morgan fingerprint density at radius 2 is 1.76 bits per heavy atom. The van der Waals surface area contributed by atoms with Crippen molar-refractivity contribution in [3.63, 3.8) is 0 Å². The molecule has 7 nitrogen and oxygen atoms in total. The summed E-state index contributed by atoms with van der Waals surface area (Å²) in [7, 11) is 0. The Kier molecular flexibility index (Phi) is 5.05. The van der Waals surface area contributed by atoms with Crippen molar-refractivity contribution in [2.24, 2.45) is 0 Å². The molecule has 0 aromatic heterocycles. The van der Waals surface area contributed by atoms with Crippen LogP contribution in [0.4, 0.5) is 11.4 Å². The SMILES string of the molecule is O=C(O)c1cccc(N2C=C(O)/C(=C/c3ccc(N4CCOCC4)cc3)C2=O)c1. The molecular weight excluding hydrogens is 372 g/mol. The highest BCUT2D eigenvalue weighted by molar-refractivity contribution is 6.15. The van der Waals surface area contributed by atoms with Gasteiger partial charge in [-0.05, 0) is 42.0 Å². The van der Waals surface area contributed by atoms with Crippen LogP contribution in [-0.4, -0.2) is 48.4 Å². The molecule has 1 amide bonds. The van der Waals surface area contributed by atoms with Crippen LogP contribution >= 0.6 is 0 Å². The number of rotatable bonds is 4. The van der Waals surface area contributed by atoms with E-state index in [2.05, 4.69) is 4.90 Å². The molecule has 0 unspecified atom stereocenters. The molecule has 0 spiro atoms. The number of carbonyl (C=O) groups is 2. The van der Waals surface area contributed by atoms with Crippen molar-refractivity contribution >= 4 is 29.3 Å². The average molecular weight is 392 g/mol. The van der Waals surface area contributed by atoms with Crippen molar-refractivity contribution in [1.82, 2.24) is 0 Å². The van der Waals surface area contributed by atoms with Gasteiger partial charge in [0.2, 0.25) is 0 Å². The van der Waals surface area contributed by atoms with Crippen LogP contribution in [0.15, 0.2) is 66.1 Å². The van der Waals surface area contributed by atoms with Gasteiger partial charge in [0.15, 0.2) is 0 Å². The van der Waals surface area contributed by atoms with E-state index < -0.39 is 11.9 Å². The van der Waals surface area contributed by atoms with Gasteiger partial charge in [0, 0.05) is 24.5 Å². The Morgan fingerprint density at radius 1 is 1.03 bits per heavy atom. The summed E-state index contributed by atoms with van der Waals surface area (Å²) in [6.07, 6.45) is 2.93. The number of aliphatic hydroxyl groups excluding tert-OH is 1. The van der Waals surface area contributed by atoms with Gasteiger partial charge in [-0.25, -0.2) is 4.79 Å². The molecule has 2 aliphatic rings. The van der Waals surface area contributed by atoms with E-state index in [1.54, 1.807) is 18.2 Å². The van der Waals surface area contributed by atoms with Crippen LogP contribution in [0.25, 0.3) is 6.08 Å². The monoisotopic (exact) mass is 392 g/mol. The van der Waals surface area contributed by atoms with Crippen molar-refractivity contribution in [2.45, 2.75) is 0 Å². The fraction of sp³-hybridized carbons (Fsp3) is 0.182. The molecule has 0 aliphatic carbocycles. The second-order valence-electron chi connectivity index (χ2n) is 6.79. The van der Waals surface area contributed by atoms with Crippen molar-refractivity contribution in [1.29, 1.82) is 0 Å². The highest BCUT2D eigenvalue weighted by atomic mass is 16.5. The number of amides is 1. The highest BCUT2D eigenvalue weighted by Crippen LogP contribution is 2.29. The molecule has 0 bridgehead atoms. The minimum atomic E-state index is -1.08. The summed E-state index contributed by atoms with van der Waals surface area (Å²) >= 11 is 0. The Hall–Kier alpha value is -3.58. The quantitative estimate of drug-likeness (QED) is 0.778. The van der Waals surface area contributed by atoms with Gasteiger partial charge < -0.3 is 19.8 Å². The van der Waals surface area contributed by atoms with E-state index in [0.29, 0.717) is 18.9 Å². The Bertz CT molecular complexity index is 1000. The summed E-state index contributed by atoms with van der Waals surface area (Å²) in [6, 6.07) is 13.8. The normalized spacial score (nSPS) is 18.3. The lowest BCUT2D eigenvalue weighted by atomic mass is 10.1. The molecule has 0 saturated carbocycles. The number of aliphatic hydroxyl groups is 1. The van der Waals surface area contributed by atoms with E-state index in [4.69, 9.17) is 9.84 Å². The molecule has 0 atom stereocenters. The number of carbonyl (C=O) groups excluding carboxylic acids is 1. The molecule has 2 N–H and O–H groups in total. The second-order valence-corrected chi connectivity index (χ2v) is 6.79. The first-order valence-electron chi connectivity index (χ1n) is 9.25. The van der Waals surface area contributed by atoms with E-state index in [1.165, 1.54) is 23.2 Å². The number of morpholine rings is 1. The van der Waals surface area contributed by atoms with Gasteiger partial charge >= 0.3 is 5.97 Å². The van der Waals surface area contributed by atoms with Gasteiger partial charge in [0.25, 0.3) is 5.91 Å². The summed E-state index contributed by atoms with van der Waals surface area (Å²) in [4.78, 5) is 27.4. The third kappa shape index (κ3) is 3.86. The Balaban J connectivity index is 1.55. The lowest BCUT2D eigenvalue weighted by Crippen LogP contribution is -2.36. The predicted octanol–water partition coefficient (Wildman–Crippen LogP) is 3.05. The van der Waals surface area contributed by atoms with Gasteiger partial charge in [-0.2, -0.15) is 0 Å². The Morgan fingerprint density at radius 3 is 2.45 bits per heavy atom. The van der Waals surface area contributed by atoms with E-state index in [1.807, 2.05) is 24.3 Å². The van der Waals surface area contributed by atoms with Gasteiger partial charge in [0.05, 0.1) is 30.6 Å². The molecule has 148 valence electrons. The minimum absolute atomic E-state index is 0.0688. The number of carboxylic acid groups (broad SMARTS) is 1. The van der Waals surface area contributed by atoms with Crippen molar-refractivity contribution in [2.75, 3.05) is 36.1 Å². The zero-order chi connectivity index (χ0) is 20.4. The number of aromatic carboxylic acids is 1. The molecule has 0 radical (unpaired) electrons. The maximum atomic E-state index is 12.8. The number of carboxylic acids is 1. The van der Waals surface area contributed by atoms with E-state index in [0.717, 1.165) is 24.3 Å². The first-order valence-corrected chi connectivity index (χ1v) is 9.25. The maximum Gasteiger partial charge on any atom is 0.335 e. The molecule has 2 aromatic carbocycles. The lowest BCUT2D eigenvalue weighted by Gasteiger charge is -2.28. The minimum Gasteiger partial charge on any atom is -0.506 e. The molecule has 2 heterocycles. The largest absolute Gasteiger partial charge is 0.506 e. The fourth-order valence-corrected chi connectivity index (χ4v) is 3.38. The molecule has 2 aliphatic heterocycles. The van der Waals surface area contributed by atoms with Crippen LogP contribution in [0.3, 0.4) is 0 Å². The van der Waals surface area contributed by atoms with Crippen LogP contribution in [-0.2, 0) is 9.53 Å². The summed E-state index contributed by atoms with van der Waals surface area (Å²) in [5.41, 5.74) is 2.48. The number of hydrogen-bond acceptors (Lipinski definition) is 5. The first-order chi connectivity index (χ1) is 14.0. The number of nitrogens with zero attached hydrogens (tertiary/aromatic N) is 2. The fourth-order valence-electron chi connectivity index (χ4n) is 3.38. The van der Waals surface area contributed by atoms with E-state index in [-0.39, 0.29) is 16.9 Å². The smallest absolute Gasteiger partial charge is 0.335 e. The molecular formula is C22H20N2O5. The summed E-state index contributed by atoms with van der Waals surface area (Å²) < 4.78 is 5.36. The number of benzene rings is 2. The number of anilines is 2. The van der Waals surface area contributed by atoms with E-state index >= 15 is 0 Å². The standard InChI is InChI=1S/C22H20N2O5/c25-20-14-24(18-3-1-2-16(13-18)22(27)28)21(26)19(20)12-15-4-6-17(7-5-15)23-8-10-29-11-9-23/h1-7,12-14,25H,8-11H2,(H,27,28)/b19-12-. The van der Waals surface area contributed by atoms with Gasteiger partial charge in [-0.1, -0.05) is 18.2 Å². The predicted molar refractivity (Wildman–Crippen MR) is 109 cm³/mol. The van der Waals surface area contributed by atoms with Crippen LogP contribution in [0.2, 0.25) is 0 Å². The number of hydrogen-bond donors (Lipinski definition) is 2. The third-order valence-electron chi connectivity index (χ3n) is 4.93. The first kappa shape index (κ1) is 18.8. The van der Waals surface area contributed by atoms with Crippen LogP contribution in [0.5, 0.6) is 0 Å². The molecule has 29 heavy (non-hydrogen) atoms. The molecule has 1 saturated heterocycles. The summed E-state index contributed by atoms with van der Waals surface area (Å²) in [5, 5.41) is 19.4. The summed E-state index contributed by atoms with van der Waals surface area (Å²) in [6.45, 7) is 3.09. The lowest BCUT2D eigenvalue weighted by molar-refractivity contribution is -0.114. The van der Waals surface area contributed by atoms with Crippen molar-refractivity contribution in [3.05, 3.63) is 77.2 Å². The second kappa shape index (κ2) is 7.81. The topological polar surface area (TPSA) is 90.3 Å². The molecule has 4 rings (SSSR count). The number of ether oxygens (including phenoxy) is 1. The maximum absolute atomic E-state index is 12.8. The molecule has 1 fully saturated rings. The van der Waals surface area contributed by atoms with Gasteiger partial charge in [-0.15, -0.1) is 0 Å². The van der Waals surface area contributed by atoms with Gasteiger partial charge in [0.1, 0.15) is 5.76 Å².